The summed E-state index contributed by atoms with van der Waals surface area (Å²) in [5.74, 6) is -2.07. The number of ether oxygens (including phenoxy) is 1. The highest BCUT2D eigenvalue weighted by atomic mass is 35.5. The largest absolute Gasteiger partial charge is 0.484 e. The van der Waals surface area contributed by atoms with Crippen LogP contribution in [0, 0.1) is 17.2 Å². The molecule has 1 amide bonds. The third-order valence-electron chi connectivity index (χ3n) is 3.38. The molecule has 7 heteroatoms. The molecular weight excluding hydrogens is 327 g/mol. The summed E-state index contributed by atoms with van der Waals surface area (Å²) < 4.78 is 5.29. The van der Waals surface area contributed by atoms with Crippen LogP contribution in [0.25, 0.3) is 0 Å². The average Bonchev–Trinajstić information content (AvgIpc) is 3.01. The Balaban J connectivity index is 1.97. The van der Waals surface area contributed by atoms with Gasteiger partial charge in [0.25, 0.3) is 0 Å². The Labute approximate surface area is 138 Å². The second-order valence-corrected chi connectivity index (χ2v) is 5.77. The number of carbonyl (C=O) groups excluding carboxylic acids is 2. The minimum Gasteiger partial charge on any atom is -0.484 e. The molecule has 5 nitrogen and oxygen atoms in total. The van der Waals surface area contributed by atoms with Gasteiger partial charge in [-0.1, -0.05) is 23.2 Å². The first-order valence-electron chi connectivity index (χ1n) is 6.82. The van der Waals surface area contributed by atoms with Crippen LogP contribution in [0.1, 0.15) is 12.8 Å². The van der Waals surface area contributed by atoms with E-state index in [1.807, 2.05) is 0 Å². The number of nitrogens with zero attached hydrogens (tertiary/aromatic N) is 2. The predicted molar refractivity (Wildman–Crippen MR) is 81.9 cm³/mol. The van der Waals surface area contributed by atoms with Gasteiger partial charge in [-0.25, -0.2) is 0 Å². The monoisotopic (exact) mass is 340 g/mol. The van der Waals surface area contributed by atoms with E-state index in [-0.39, 0.29) is 17.4 Å². The predicted octanol–water partition coefficient (Wildman–Crippen LogP) is 2.70. The molecule has 1 aliphatic rings. The Kier molecular flexibility index (Phi) is 5.64. The standard InChI is InChI=1S/C15H14Cl2N2O3/c16-10-3-4-14(12(17)7-10)22-9-13(20)11(8-18)15(21)19-5-1-2-6-19/h3-4,7,11H,1-2,5-6,9H2/t11-/m1/s1. The van der Waals surface area contributed by atoms with Crippen LogP contribution < -0.4 is 4.74 Å². The molecule has 0 aromatic heterocycles. The molecule has 1 heterocycles. The van der Waals surface area contributed by atoms with E-state index in [4.69, 9.17) is 33.2 Å². The first kappa shape index (κ1) is 16.6. The highest BCUT2D eigenvalue weighted by Gasteiger charge is 2.32. The van der Waals surface area contributed by atoms with Crippen LogP contribution in [0.2, 0.25) is 10.0 Å². The molecule has 1 atom stereocenters. The van der Waals surface area contributed by atoms with Gasteiger partial charge in [0, 0.05) is 18.1 Å². The fraction of sp³-hybridized carbons (Fsp3) is 0.400. The Bertz CT molecular complexity index is 622. The quantitative estimate of drug-likeness (QED) is 0.772. The van der Waals surface area contributed by atoms with E-state index in [0.717, 1.165) is 12.8 Å². The summed E-state index contributed by atoms with van der Waals surface area (Å²) in [6, 6.07) is 6.35. The lowest BCUT2D eigenvalue weighted by atomic mass is 10.1. The van der Waals surface area contributed by atoms with Gasteiger partial charge in [0.2, 0.25) is 5.91 Å². The number of likely N-dealkylation sites (tertiary alicyclic amines) is 1. The minimum atomic E-state index is -1.33. The molecule has 1 saturated heterocycles. The molecule has 1 aromatic rings. The van der Waals surface area contributed by atoms with Gasteiger partial charge in [0.15, 0.2) is 11.7 Å². The van der Waals surface area contributed by atoms with Gasteiger partial charge < -0.3 is 9.64 Å². The normalized spacial score (nSPS) is 15.2. The van der Waals surface area contributed by atoms with Crippen LogP contribution in [-0.4, -0.2) is 36.3 Å². The van der Waals surface area contributed by atoms with E-state index in [0.29, 0.717) is 18.1 Å². The number of nitriles is 1. The maximum absolute atomic E-state index is 12.1. The second-order valence-electron chi connectivity index (χ2n) is 4.92. The minimum absolute atomic E-state index is 0.264. The zero-order valence-corrected chi connectivity index (χ0v) is 13.2. The number of benzene rings is 1. The van der Waals surface area contributed by atoms with Crippen molar-refractivity contribution >= 4 is 34.9 Å². The molecular formula is C15H14Cl2N2O3. The van der Waals surface area contributed by atoms with Gasteiger partial charge in [-0.05, 0) is 31.0 Å². The number of hydrogen-bond donors (Lipinski definition) is 0. The third kappa shape index (κ3) is 3.90. The van der Waals surface area contributed by atoms with Crippen molar-refractivity contribution < 1.29 is 14.3 Å². The first-order chi connectivity index (χ1) is 10.5. The van der Waals surface area contributed by atoms with Gasteiger partial charge in [0.1, 0.15) is 12.4 Å². The lowest BCUT2D eigenvalue weighted by Crippen LogP contribution is -2.38. The molecule has 0 N–H and O–H groups in total. The van der Waals surface area contributed by atoms with Crippen LogP contribution in [0.4, 0.5) is 0 Å². The number of amides is 1. The topological polar surface area (TPSA) is 70.4 Å². The summed E-state index contributed by atoms with van der Waals surface area (Å²) in [7, 11) is 0. The van der Waals surface area contributed by atoms with E-state index in [9.17, 15) is 9.59 Å². The molecule has 116 valence electrons. The van der Waals surface area contributed by atoms with Crippen LogP contribution in [0.15, 0.2) is 18.2 Å². The van der Waals surface area contributed by atoms with Gasteiger partial charge in [-0.3, -0.25) is 9.59 Å². The van der Waals surface area contributed by atoms with E-state index >= 15 is 0 Å². The van der Waals surface area contributed by atoms with Crippen LogP contribution in [-0.2, 0) is 9.59 Å². The molecule has 0 unspecified atom stereocenters. The fourth-order valence-electron chi connectivity index (χ4n) is 2.21. The Morgan fingerprint density at radius 1 is 1.32 bits per heavy atom. The van der Waals surface area contributed by atoms with Crippen molar-refractivity contribution in [2.75, 3.05) is 19.7 Å². The lowest BCUT2D eigenvalue weighted by Gasteiger charge is -2.18. The number of halogens is 2. The number of carbonyl (C=O) groups is 2. The molecule has 0 spiro atoms. The third-order valence-corrected chi connectivity index (χ3v) is 3.91. The van der Waals surface area contributed by atoms with Crippen molar-refractivity contribution in [1.29, 1.82) is 5.26 Å². The smallest absolute Gasteiger partial charge is 0.247 e. The maximum atomic E-state index is 12.1. The Hall–Kier alpha value is -1.77. The molecule has 0 saturated carbocycles. The molecule has 1 aliphatic heterocycles. The van der Waals surface area contributed by atoms with Gasteiger partial charge in [0.05, 0.1) is 11.1 Å². The molecule has 22 heavy (non-hydrogen) atoms. The Morgan fingerprint density at radius 2 is 2.00 bits per heavy atom. The van der Waals surface area contributed by atoms with Crippen molar-refractivity contribution in [1.82, 2.24) is 4.90 Å². The second kappa shape index (κ2) is 7.48. The highest BCUT2D eigenvalue weighted by Crippen LogP contribution is 2.27. The summed E-state index contributed by atoms with van der Waals surface area (Å²) >= 11 is 11.7. The Morgan fingerprint density at radius 3 is 2.59 bits per heavy atom. The van der Waals surface area contributed by atoms with Gasteiger partial charge in [-0.2, -0.15) is 5.26 Å². The molecule has 0 bridgehead atoms. The molecule has 2 rings (SSSR count). The molecule has 1 fully saturated rings. The summed E-state index contributed by atoms with van der Waals surface area (Å²) in [6.45, 7) is 0.793. The molecule has 0 radical (unpaired) electrons. The van der Waals surface area contributed by atoms with E-state index < -0.39 is 17.6 Å². The SMILES string of the molecule is N#C[C@H](C(=O)COc1ccc(Cl)cc1Cl)C(=O)N1CCCC1. The van der Waals surface area contributed by atoms with Crippen LogP contribution in [0.5, 0.6) is 5.75 Å². The summed E-state index contributed by atoms with van der Waals surface area (Å²) in [4.78, 5) is 25.7. The number of Topliss-reactive ketones (excluding diaryl/α,β-unsaturated/α-hetero) is 1. The average molecular weight is 341 g/mol. The van der Waals surface area contributed by atoms with Crippen LogP contribution in [0.3, 0.4) is 0 Å². The molecule has 0 aliphatic carbocycles. The van der Waals surface area contributed by atoms with Crippen molar-refractivity contribution in [2.45, 2.75) is 12.8 Å². The van der Waals surface area contributed by atoms with Crippen molar-refractivity contribution in [3.05, 3.63) is 28.2 Å². The lowest BCUT2D eigenvalue weighted by molar-refractivity contribution is -0.138. The zero-order chi connectivity index (χ0) is 16.1. The van der Waals surface area contributed by atoms with Crippen molar-refractivity contribution in [3.63, 3.8) is 0 Å². The van der Waals surface area contributed by atoms with E-state index in [2.05, 4.69) is 0 Å². The van der Waals surface area contributed by atoms with E-state index in [1.165, 1.54) is 12.1 Å². The van der Waals surface area contributed by atoms with Gasteiger partial charge >= 0.3 is 0 Å². The summed E-state index contributed by atoms with van der Waals surface area (Å²) in [5.41, 5.74) is 0. The fourth-order valence-corrected chi connectivity index (χ4v) is 2.67. The van der Waals surface area contributed by atoms with Gasteiger partial charge in [-0.15, -0.1) is 0 Å². The first-order valence-corrected chi connectivity index (χ1v) is 7.57. The molecule has 1 aromatic carbocycles. The summed E-state index contributed by atoms with van der Waals surface area (Å²) in [5, 5.41) is 9.81. The van der Waals surface area contributed by atoms with Crippen molar-refractivity contribution in [3.8, 4) is 11.8 Å². The highest BCUT2D eigenvalue weighted by molar-refractivity contribution is 6.35. The number of ketones is 1. The van der Waals surface area contributed by atoms with E-state index in [1.54, 1.807) is 17.0 Å². The van der Waals surface area contributed by atoms with Crippen LogP contribution >= 0.6 is 23.2 Å². The number of rotatable bonds is 5. The zero-order valence-electron chi connectivity index (χ0n) is 11.7. The maximum Gasteiger partial charge on any atom is 0.247 e. The van der Waals surface area contributed by atoms with Crippen molar-refractivity contribution in [2.24, 2.45) is 5.92 Å². The number of hydrogen-bond acceptors (Lipinski definition) is 4. The summed E-state index contributed by atoms with van der Waals surface area (Å²) in [6.07, 6.45) is 1.80.